The van der Waals surface area contributed by atoms with Crippen LogP contribution in [0.25, 0.3) is 5.69 Å². The van der Waals surface area contributed by atoms with E-state index in [9.17, 15) is 4.39 Å². The molecule has 0 aliphatic heterocycles. The van der Waals surface area contributed by atoms with Gasteiger partial charge in [0.15, 0.2) is 0 Å². The van der Waals surface area contributed by atoms with Crippen LogP contribution in [0.15, 0.2) is 30.5 Å². The van der Waals surface area contributed by atoms with Crippen molar-refractivity contribution in [3.05, 3.63) is 41.7 Å². The first-order valence-electron chi connectivity index (χ1n) is 6.62. The third kappa shape index (κ3) is 4.05. The average Bonchev–Trinajstić information content (AvgIpc) is 2.94. The van der Waals surface area contributed by atoms with Gasteiger partial charge in [-0.05, 0) is 29.9 Å². The summed E-state index contributed by atoms with van der Waals surface area (Å²) in [5.74, 6) is 1.94. The van der Waals surface area contributed by atoms with E-state index in [2.05, 4.69) is 17.2 Å². The maximum absolute atomic E-state index is 12.4. The predicted molar refractivity (Wildman–Crippen MR) is 80.8 cm³/mol. The summed E-state index contributed by atoms with van der Waals surface area (Å²) in [7, 11) is 0. The minimum absolute atomic E-state index is 0.426. The molecule has 4 nitrogen and oxygen atoms in total. The van der Waals surface area contributed by atoms with Gasteiger partial charge in [-0.25, -0.2) is 9.07 Å². The summed E-state index contributed by atoms with van der Waals surface area (Å²) in [5.41, 5.74) is 8.55. The highest BCUT2D eigenvalue weighted by molar-refractivity contribution is 7.98. The molecule has 2 rings (SSSR count). The summed E-state index contributed by atoms with van der Waals surface area (Å²) < 4.78 is 14.1. The van der Waals surface area contributed by atoms with Crippen LogP contribution in [0.2, 0.25) is 0 Å². The van der Waals surface area contributed by atoms with Gasteiger partial charge in [-0.15, -0.1) is 5.10 Å². The number of rotatable bonds is 7. The van der Waals surface area contributed by atoms with Crippen molar-refractivity contribution in [2.75, 3.05) is 12.4 Å². The molecule has 0 spiro atoms. The van der Waals surface area contributed by atoms with Crippen molar-refractivity contribution < 1.29 is 4.39 Å². The fourth-order valence-corrected chi connectivity index (χ4v) is 2.38. The van der Waals surface area contributed by atoms with Crippen LogP contribution >= 0.6 is 11.8 Å². The van der Waals surface area contributed by atoms with Crippen molar-refractivity contribution in [2.24, 2.45) is 5.73 Å². The smallest absolute Gasteiger partial charge is 0.105 e. The second-order valence-electron chi connectivity index (χ2n) is 4.58. The van der Waals surface area contributed by atoms with Crippen LogP contribution in [0.4, 0.5) is 4.39 Å². The van der Waals surface area contributed by atoms with Crippen molar-refractivity contribution in [2.45, 2.75) is 25.1 Å². The second kappa shape index (κ2) is 7.40. The zero-order chi connectivity index (χ0) is 14.4. The van der Waals surface area contributed by atoms with Gasteiger partial charge in [-0.2, -0.15) is 11.8 Å². The zero-order valence-corrected chi connectivity index (χ0v) is 12.3. The third-order valence-electron chi connectivity index (χ3n) is 2.89. The molecule has 20 heavy (non-hydrogen) atoms. The van der Waals surface area contributed by atoms with Gasteiger partial charge >= 0.3 is 0 Å². The van der Waals surface area contributed by atoms with Crippen molar-refractivity contribution in [3.63, 3.8) is 0 Å². The first-order chi connectivity index (χ1) is 9.72. The van der Waals surface area contributed by atoms with Gasteiger partial charge in [-0.3, -0.25) is 0 Å². The minimum atomic E-state index is -0.497. The number of hydrogen-bond donors (Lipinski definition) is 1. The number of hydrogen-bond acceptors (Lipinski definition) is 4. The molecule has 1 heterocycles. The number of nitrogens with two attached hydrogens (primary N) is 1. The highest BCUT2D eigenvalue weighted by Gasteiger charge is 2.05. The third-order valence-corrected chi connectivity index (χ3v) is 3.80. The monoisotopic (exact) mass is 294 g/mol. The maximum Gasteiger partial charge on any atom is 0.105 e. The van der Waals surface area contributed by atoms with E-state index in [1.165, 1.54) is 0 Å². The summed E-state index contributed by atoms with van der Waals surface area (Å²) in [4.78, 5) is 0. The minimum Gasteiger partial charge on any atom is -0.325 e. The normalized spacial score (nSPS) is 12.6. The number of alkyl halides is 1. The molecule has 1 aromatic heterocycles. The van der Waals surface area contributed by atoms with E-state index in [0.717, 1.165) is 28.5 Å². The molecule has 2 aromatic rings. The quantitative estimate of drug-likeness (QED) is 0.851. The van der Waals surface area contributed by atoms with Crippen LogP contribution in [0.1, 0.15) is 18.2 Å². The fourth-order valence-electron chi connectivity index (χ4n) is 1.84. The molecule has 0 radical (unpaired) electrons. The van der Waals surface area contributed by atoms with Gasteiger partial charge in [0.2, 0.25) is 0 Å². The summed E-state index contributed by atoms with van der Waals surface area (Å²) in [6.07, 6.45) is 2.48. The molecule has 6 heteroatoms. The van der Waals surface area contributed by atoms with Crippen LogP contribution in [0.3, 0.4) is 0 Å². The van der Waals surface area contributed by atoms with E-state index in [0.29, 0.717) is 6.42 Å². The summed E-state index contributed by atoms with van der Waals surface area (Å²) in [6.45, 7) is 1.62. The van der Waals surface area contributed by atoms with E-state index in [1.54, 1.807) is 4.68 Å². The molecule has 0 fully saturated rings. The summed E-state index contributed by atoms with van der Waals surface area (Å²) in [6, 6.07) is 7.38. The number of benzene rings is 1. The van der Waals surface area contributed by atoms with Crippen molar-refractivity contribution in [1.29, 1.82) is 0 Å². The molecule has 2 N–H and O–H groups in total. The molecule has 0 aliphatic carbocycles. The van der Waals surface area contributed by atoms with Crippen molar-refractivity contribution in [3.8, 4) is 5.69 Å². The number of aromatic nitrogens is 3. The topological polar surface area (TPSA) is 56.7 Å². The van der Waals surface area contributed by atoms with Crippen LogP contribution in [-0.2, 0) is 12.2 Å². The lowest BCUT2D eigenvalue weighted by atomic mass is 10.1. The van der Waals surface area contributed by atoms with Crippen LogP contribution in [0.5, 0.6) is 0 Å². The molecule has 0 amide bonds. The lowest BCUT2D eigenvalue weighted by Gasteiger charge is -2.07. The van der Waals surface area contributed by atoms with E-state index >= 15 is 0 Å². The van der Waals surface area contributed by atoms with E-state index in [1.807, 2.05) is 42.2 Å². The molecule has 1 atom stereocenters. The molecule has 0 aliphatic rings. The SMILES string of the molecule is CCSCc1cn(-c2ccc(C[C@H](N)CF)cc2)nn1. The lowest BCUT2D eigenvalue weighted by molar-refractivity contribution is 0.427. The Morgan fingerprint density at radius 2 is 2.10 bits per heavy atom. The van der Waals surface area contributed by atoms with Gasteiger partial charge in [0.25, 0.3) is 0 Å². The van der Waals surface area contributed by atoms with Gasteiger partial charge in [0, 0.05) is 11.8 Å². The van der Waals surface area contributed by atoms with E-state index < -0.39 is 12.7 Å². The Kier molecular flexibility index (Phi) is 5.55. The molecular weight excluding hydrogens is 275 g/mol. The van der Waals surface area contributed by atoms with E-state index in [4.69, 9.17) is 5.73 Å². The Labute approximate surface area is 122 Å². The van der Waals surface area contributed by atoms with E-state index in [-0.39, 0.29) is 0 Å². The standard InChI is InChI=1S/C14H19FN4S/c1-2-20-10-13-9-19(18-17-13)14-5-3-11(4-6-14)7-12(16)8-15/h3-6,9,12H,2,7-8,10,16H2,1H3/t12-/m0/s1. The number of thioether (sulfide) groups is 1. The molecular formula is C14H19FN4S. The highest BCUT2D eigenvalue weighted by atomic mass is 32.2. The Morgan fingerprint density at radius 3 is 2.75 bits per heavy atom. The molecule has 0 saturated carbocycles. The first-order valence-corrected chi connectivity index (χ1v) is 7.78. The summed E-state index contributed by atoms with van der Waals surface area (Å²) >= 11 is 1.82. The molecule has 1 aromatic carbocycles. The van der Waals surface area contributed by atoms with Gasteiger partial charge in [-0.1, -0.05) is 24.3 Å². The molecule has 108 valence electrons. The zero-order valence-electron chi connectivity index (χ0n) is 11.5. The highest BCUT2D eigenvalue weighted by Crippen LogP contribution is 2.13. The number of halogens is 1. The maximum atomic E-state index is 12.4. The predicted octanol–water partition coefficient (Wildman–Crippen LogP) is 2.36. The van der Waals surface area contributed by atoms with Gasteiger partial charge in [0.1, 0.15) is 6.67 Å². The fraction of sp³-hybridized carbons (Fsp3) is 0.429. The Balaban J connectivity index is 2.03. The Morgan fingerprint density at radius 1 is 1.35 bits per heavy atom. The number of nitrogens with zero attached hydrogens (tertiary/aromatic N) is 3. The largest absolute Gasteiger partial charge is 0.325 e. The first kappa shape index (κ1) is 15.0. The average molecular weight is 294 g/mol. The molecule has 0 saturated heterocycles. The van der Waals surface area contributed by atoms with Crippen molar-refractivity contribution in [1.82, 2.24) is 15.0 Å². The van der Waals surface area contributed by atoms with Gasteiger partial charge < -0.3 is 5.73 Å². The van der Waals surface area contributed by atoms with Crippen LogP contribution in [0, 0.1) is 0 Å². The van der Waals surface area contributed by atoms with Gasteiger partial charge in [0.05, 0.1) is 17.6 Å². The summed E-state index contributed by atoms with van der Waals surface area (Å²) in [5, 5.41) is 8.25. The van der Waals surface area contributed by atoms with Crippen LogP contribution in [-0.4, -0.2) is 33.5 Å². The van der Waals surface area contributed by atoms with Crippen LogP contribution < -0.4 is 5.73 Å². The Bertz CT molecular complexity index is 526. The molecule has 0 unspecified atom stereocenters. The molecule has 0 bridgehead atoms. The lowest BCUT2D eigenvalue weighted by Crippen LogP contribution is -2.24. The Hall–Kier alpha value is -1.40. The van der Waals surface area contributed by atoms with Crippen molar-refractivity contribution >= 4 is 11.8 Å². The second-order valence-corrected chi connectivity index (χ2v) is 5.85.